The molecule has 0 radical (unpaired) electrons. The van der Waals surface area contributed by atoms with Crippen LogP contribution in [0.15, 0.2) is 48.5 Å². The van der Waals surface area contributed by atoms with Gasteiger partial charge >= 0.3 is 0 Å². The second kappa shape index (κ2) is 5.48. The normalized spacial score (nSPS) is 17.6. The van der Waals surface area contributed by atoms with Gasteiger partial charge in [0.15, 0.2) is 0 Å². The van der Waals surface area contributed by atoms with Crippen LogP contribution in [0.4, 0.5) is 5.69 Å². The number of rotatable bonds is 3. The molecule has 0 fully saturated rings. The minimum atomic E-state index is 0.621. The summed E-state index contributed by atoms with van der Waals surface area (Å²) in [4.78, 5) is 0. The Balaban J connectivity index is 1.59. The second-order valence-corrected chi connectivity index (χ2v) is 5.56. The van der Waals surface area contributed by atoms with E-state index < -0.39 is 0 Å². The monoisotopic (exact) mass is 251 g/mol. The van der Waals surface area contributed by atoms with E-state index in [9.17, 15) is 0 Å². The minimum Gasteiger partial charge on any atom is -0.382 e. The highest BCUT2D eigenvalue weighted by Crippen LogP contribution is 2.26. The third kappa shape index (κ3) is 2.98. The molecule has 1 nitrogen and oxygen atoms in total. The Morgan fingerprint density at radius 1 is 1.05 bits per heavy atom. The van der Waals surface area contributed by atoms with Gasteiger partial charge in [-0.2, -0.15) is 0 Å². The van der Waals surface area contributed by atoms with Crippen molar-refractivity contribution in [2.45, 2.75) is 38.6 Å². The second-order valence-electron chi connectivity index (χ2n) is 5.56. The maximum Gasteiger partial charge on any atom is 0.0374 e. The fourth-order valence-electron chi connectivity index (χ4n) is 2.81. The van der Waals surface area contributed by atoms with Gasteiger partial charge in [0.1, 0.15) is 0 Å². The quantitative estimate of drug-likeness (QED) is 0.855. The number of para-hydroxylation sites is 1. The molecule has 1 unspecified atom stereocenters. The molecule has 1 atom stereocenters. The third-order valence-electron chi connectivity index (χ3n) is 4.04. The highest BCUT2D eigenvalue weighted by molar-refractivity contribution is 5.53. The van der Waals surface area contributed by atoms with Gasteiger partial charge < -0.3 is 5.32 Å². The summed E-state index contributed by atoms with van der Waals surface area (Å²) >= 11 is 0. The van der Waals surface area contributed by atoms with E-state index in [1.54, 1.807) is 0 Å². The molecule has 0 spiro atoms. The van der Waals surface area contributed by atoms with Crippen LogP contribution in [0.5, 0.6) is 0 Å². The zero-order chi connectivity index (χ0) is 13.1. The number of fused-ring (bicyclic) bond motifs is 1. The van der Waals surface area contributed by atoms with Crippen molar-refractivity contribution in [2.75, 3.05) is 5.32 Å². The largest absolute Gasteiger partial charge is 0.382 e. The predicted octanol–water partition coefficient (Wildman–Crippen LogP) is 4.35. The average molecular weight is 251 g/mol. The lowest BCUT2D eigenvalue weighted by molar-refractivity contribution is 0.586. The molecule has 0 bridgehead atoms. The number of nitrogens with one attached hydrogen (secondary N) is 1. The first-order chi connectivity index (χ1) is 9.31. The Hall–Kier alpha value is -1.76. The summed E-state index contributed by atoms with van der Waals surface area (Å²) in [5.74, 6) is 0. The first-order valence-electron chi connectivity index (χ1n) is 7.21. The van der Waals surface area contributed by atoms with Gasteiger partial charge in [-0.3, -0.25) is 0 Å². The number of benzene rings is 2. The molecule has 1 N–H and O–H groups in total. The Morgan fingerprint density at radius 2 is 1.84 bits per heavy atom. The standard InChI is InChI=1S/C18H21N/c1-14-6-8-15(9-7-14)10-12-17-13-11-16-4-2-3-5-18(16)19-17/h2-9,17,19H,10-13H2,1H3. The zero-order valence-corrected chi connectivity index (χ0v) is 11.5. The van der Waals surface area contributed by atoms with Crippen LogP contribution >= 0.6 is 0 Å². The molecule has 3 rings (SSSR count). The molecule has 0 saturated heterocycles. The molecule has 0 aliphatic carbocycles. The fourth-order valence-corrected chi connectivity index (χ4v) is 2.81. The smallest absolute Gasteiger partial charge is 0.0374 e. The van der Waals surface area contributed by atoms with Gasteiger partial charge in [-0.15, -0.1) is 0 Å². The van der Waals surface area contributed by atoms with Gasteiger partial charge in [0.2, 0.25) is 0 Å². The lowest BCUT2D eigenvalue weighted by Gasteiger charge is -2.27. The van der Waals surface area contributed by atoms with Crippen molar-refractivity contribution in [3.8, 4) is 0 Å². The van der Waals surface area contributed by atoms with Crippen LogP contribution in [0.3, 0.4) is 0 Å². The van der Waals surface area contributed by atoms with E-state index in [0.717, 1.165) is 0 Å². The summed E-state index contributed by atoms with van der Waals surface area (Å²) in [5, 5.41) is 3.68. The van der Waals surface area contributed by atoms with Gasteiger partial charge in [0.05, 0.1) is 0 Å². The summed E-state index contributed by atoms with van der Waals surface area (Å²) in [6.45, 7) is 2.14. The lowest BCUT2D eigenvalue weighted by atomic mass is 9.94. The number of hydrogen-bond donors (Lipinski definition) is 1. The van der Waals surface area contributed by atoms with Crippen molar-refractivity contribution in [1.82, 2.24) is 0 Å². The molecule has 0 aromatic heterocycles. The first-order valence-corrected chi connectivity index (χ1v) is 7.21. The molecule has 1 aliphatic heterocycles. The van der Waals surface area contributed by atoms with Crippen LogP contribution in [0.25, 0.3) is 0 Å². The molecule has 2 aromatic rings. The van der Waals surface area contributed by atoms with Crippen LogP contribution in [-0.4, -0.2) is 6.04 Å². The summed E-state index contributed by atoms with van der Waals surface area (Å²) in [5.41, 5.74) is 5.59. The summed E-state index contributed by atoms with van der Waals surface area (Å²) in [7, 11) is 0. The maximum absolute atomic E-state index is 3.68. The Bertz CT molecular complexity index is 542. The molecule has 98 valence electrons. The highest BCUT2D eigenvalue weighted by atomic mass is 14.9. The van der Waals surface area contributed by atoms with E-state index in [-0.39, 0.29) is 0 Å². The van der Waals surface area contributed by atoms with Crippen molar-refractivity contribution in [2.24, 2.45) is 0 Å². The SMILES string of the molecule is Cc1ccc(CCC2CCc3ccccc3N2)cc1. The Kier molecular flexibility index (Phi) is 3.54. The van der Waals surface area contributed by atoms with E-state index in [2.05, 4.69) is 60.8 Å². The molecule has 0 amide bonds. The molecular formula is C18H21N. The van der Waals surface area contributed by atoms with Crippen LogP contribution in [0.2, 0.25) is 0 Å². The first kappa shape index (κ1) is 12.3. The van der Waals surface area contributed by atoms with Gasteiger partial charge in [0, 0.05) is 11.7 Å². The van der Waals surface area contributed by atoms with E-state index in [1.807, 2.05) is 0 Å². The van der Waals surface area contributed by atoms with E-state index in [4.69, 9.17) is 0 Å². The van der Waals surface area contributed by atoms with Crippen LogP contribution < -0.4 is 5.32 Å². The summed E-state index contributed by atoms with van der Waals surface area (Å²) in [6.07, 6.45) is 4.85. The number of hydrogen-bond acceptors (Lipinski definition) is 1. The fraction of sp³-hybridized carbons (Fsp3) is 0.333. The third-order valence-corrected chi connectivity index (χ3v) is 4.04. The average Bonchev–Trinajstić information content (AvgIpc) is 2.46. The van der Waals surface area contributed by atoms with Crippen LogP contribution in [-0.2, 0) is 12.8 Å². The maximum atomic E-state index is 3.68. The Labute approximate surface area is 115 Å². The number of anilines is 1. The van der Waals surface area contributed by atoms with Gasteiger partial charge in [-0.1, -0.05) is 48.0 Å². The van der Waals surface area contributed by atoms with Crippen LogP contribution in [0, 0.1) is 6.92 Å². The molecule has 1 aliphatic rings. The Morgan fingerprint density at radius 3 is 2.68 bits per heavy atom. The molecule has 1 heteroatoms. The molecule has 2 aromatic carbocycles. The van der Waals surface area contributed by atoms with Crippen molar-refractivity contribution in [3.05, 3.63) is 65.2 Å². The van der Waals surface area contributed by atoms with E-state index >= 15 is 0 Å². The van der Waals surface area contributed by atoms with Crippen LogP contribution in [0.1, 0.15) is 29.5 Å². The van der Waals surface area contributed by atoms with Gasteiger partial charge in [-0.05, 0) is 49.8 Å². The number of aryl methyl sites for hydroxylation is 3. The molecule has 1 heterocycles. The molecule has 19 heavy (non-hydrogen) atoms. The van der Waals surface area contributed by atoms with E-state index in [0.29, 0.717) is 6.04 Å². The van der Waals surface area contributed by atoms with Crippen molar-refractivity contribution < 1.29 is 0 Å². The molecule has 0 saturated carbocycles. The zero-order valence-electron chi connectivity index (χ0n) is 11.5. The van der Waals surface area contributed by atoms with Gasteiger partial charge in [0.25, 0.3) is 0 Å². The van der Waals surface area contributed by atoms with Crippen molar-refractivity contribution >= 4 is 5.69 Å². The van der Waals surface area contributed by atoms with Gasteiger partial charge in [-0.25, -0.2) is 0 Å². The summed E-state index contributed by atoms with van der Waals surface area (Å²) < 4.78 is 0. The summed E-state index contributed by atoms with van der Waals surface area (Å²) in [6, 6.07) is 18.2. The van der Waals surface area contributed by atoms with Crippen molar-refractivity contribution in [1.29, 1.82) is 0 Å². The van der Waals surface area contributed by atoms with E-state index in [1.165, 1.54) is 48.1 Å². The minimum absolute atomic E-state index is 0.621. The molecular weight excluding hydrogens is 230 g/mol. The van der Waals surface area contributed by atoms with Crippen molar-refractivity contribution in [3.63, 3.8) is 0 Å². The topological polar surface area (TPSA) is 12.0 Å². The lowest BCUT2D eigenvalue weighted by Crippen LogP contribution is -2.25. The highest BCUT2D eigenvalue weighted by Gasteiger charge is 2.16. The predicted molar refractivity (Wildman–Crippen MR) is 81.7 cm³/mol.